The Labute approximate surface area is 150 Å². The van der Waals surface area contributed by atoms with Gasteiger partial charge in [0.1, 0.15) is 6.17 Å². The molecule has 1 aromatic heterocycles. The van der Waals surface area contributed by atoms with Crippen molar-refractivity contribution in [3.8, 4) is 10.4 Å². The topological polar surface area (TPSA) is 32.3 Å². The second-order valence-electron chi connectivity index (χ2n) is 6.60. The van der Waals surface area contributed by atoms with E-state index >= 15 is 0 Å². The Balaban J connectivity index is 1.54. The lowest BCUT2D eigenvalue weighted by Gasteiger charge is -2.37. The zero-order chi connectivity index (χ0) is 16.8. The minimum absolute atomic E-state index is 0.0719. The molecule has 0 radical (unpaired) electrons. The standard InChI is InChI=1S/C21H18N2OS/c24-21-16-8-4-5-9-17(16)22-20(23(21)15-10-11-15)19-13-12-18(25-19)14-6-2-1-3-7-14/h1-9,12-13,15,20,22H,10-11H2/t20-/m0/s1. The van der Waals surface area contributed by atoms with Crippen molar-refractivity contribution in [1.29, 1.82) is 0 Å². The molecular formula is C21H18N2OS. The van der Waals surface area contributed by atoms with Crippen LogP contribution in [0.5, 0.6) is 0 Å². The number of nitrogens with zero attached hydrogens (tertiary/aromatic N) is 1. The molecular weight excluding hydrogens is 328 g/mol. The first-order valence-corrected chi connectivity index (χ1v) is 9.46. The Morgan fingerprint density at radius 1 is 0.920 bits per heavy atom. The van der Waals surface area contributed by atoms with Crippen molar-refractivity contribution in [3.05, 3.63) is 77.2 Å². The van der Waals surface area contributed by atoms with Gasteiger partial charge in [-0.25, -0.2) is 0 Å². The largest absolute Gasteiger partial charge is 0.360 e. The van der Waals surface area contributed by atoms with Crippen LogP contribution in [0, 0.1) is 0 Å². The maximum atomic E-state index is 13.0. The first kappa shape index (κ1) is 14.7. The van der Waals surface area contributed by atoms with E-state index in [-0.39, 0.29) is 12.1 Å². The number of amides is 1. The molecule has 25 heavy (non-hydrogen) atoms. The fourth-order valence-electron chi connectivity index (χ4n) is 3.46. The van der Waals surface area contributed by atoms with Crippen molar-refractivity contribution in [2.45, 2.75) is 25.0 Å². The van der Waals surface area contributed by atoms with E-state index in [1.165, 1.54) is 15.3 Å². The zero-order valence-corrected chi connectivity index (χ0v) is 14.5. The van der Waals surface area contributed by atoms with Gasteiger partial charge in [0.15, 0.2) is 0 Å². The van der Waals surface area contributed by atoms with Gasteiger partial charge in [0, 0.05) is 21.5 Å². The number of hydrogen-bond donors (Lipinski definition) is 1. The molecule has 0 saturated heterocycles. The normalized spacial score (nSPS) is 19.4. The van der Waals surface area contributed by atoms with Crippen molar-refractivity contribution >= 4 is 22.9 Å². The van der Waals surface area contributed by atoms with Crippen molar-refractivity contribution < 1.29 is 4.79 Å². The fourth-order valence-corrected chi connectivity index (χ4v) is 4.53. The van der Waals surface area contributed by atoms with Gasteiger partial charge < -0.3 is 10.2 Å². The molecule has 2 aliphatic rings. The summed E-state index contributed by atoms with van der Waals surface area (Å²) >= 11 is 1.76. The van der Waals surface area contributed by atoms with E-state index in [4.69, 9.17) is 0 Å². The van der Waals surface area contributed by atoms with Gasteiger partial charge >= 0.3 is 0 Å². The third-order valence-corrected chi connectivity index (χ3v) is 6.04. The molecule has 1 aliphatic heterocycles. The number of nitrogens with one attached hydrogen (secondary N) is 1. The summed E-state index contributed by atoms with van der Waals surface area (Å²) in [5, 5.41) is 3.60. The van der Waals surface area contributed by atoms with E-state index in [9.17, 15) is 4.79 Å². The first-order chi connectivity index (χ1) is 12.3. The number of hydrogen-bond acceptors (Lipinski definition) is 3. The predicted molar refractivity (Wildman–Crippen MR) is 102 cm³/mol. The Morgan fingerprint density at radius 3 is 2.48 bits per heavy atom. The predicted octanol–water partition coefficient (Wildman–Crippen LogP) is 5.14. The van der Waals surface area contributed by atoms with Crippen LogP contribution in [0.15, 0.2) is 66.7 Å². The van der Waals surface area contributed by atoms with Crippen LogP contribution in [-0.4, -0.2) is 16.8 Å². The Bertz CT molecular complexity index is 930. The van der Waals surface area contributed by atoms with Crippen LogP contribution in [0.25, 0.3) is 10.4 Å². The van der Waals surface area contributed by atoms with Gasteiger partial charge in [-0.3, -0.25) is 4.79 Å². The molecule has 0 unspecified atom stereocenters. The average Bonchev–Trinajstić information content (AvgIpc) is 3.37. The van der Waals surface area contributed by atoms with Crippen molar-refractivity contribution in [2.24, 2.45) is 0 Å². The van der Waals surface area contributed by atoms with Crippen LogP contribution in [0.3, 0.4) is 0 Å². The van der Waals surface area contributed by atoms with E-state index in [1.54, 1.807) is 11.3 Å². The van der Waals surface area contributed by atoms with Crippen LogP contribution in [0.1, 0.15) is 34.2 Å². The molecule has 124 valence electrons. The second kappa shape index (κ2) is 5.74. The quantitative estimate of drug-likeness (QED) is 0.712. The number of para-hydroxylation sites is 1. The minimum Gasteiger partial charge on any atom is -0.360 e. The Kier molecular flexibility index (Phi) is 3.38. The van der Waals surface area contributed by atoms with Gasteiger partial charge in [0.05, 0.1) is 5.56 Å². The molecule has 4 heteroatoms. The van der Waals surface area contributed by atoms with Gasteiger partial charge in [-0.2, -0.15) is 0 Å². The molecule has 1 aliphatic carbocycles. The number of anilines is 1. The molecule has 1 atom stereocenters. The van der Waals surface area contributed by atoms with E-state index < -0.39 is 0 Å². The minimum atomic E-state index is -0.0719. The van der Waals surface area contributed by atoms with Crippen LogP contribution >= 0.6 is 11.3 Å². The maximum Gasteiger partial charge on any atom is 0.258 e. The molecule has 1 amide bonds. The average molecular weight is 346 g/mol. The van der Waals surface area contributed by atoms with E-state index in [0.29, 0.717) is 6.04 Å². The summed E-state index contributed by atoms with van der Waals surface area (Å²) in [6.45, 7) is 0. The molecule has 2 aromatic carbocycles. The van der Waals surface area contributed by atoms with Crippen LogP contribution in [0.4, 0.5) is 5.69 Å². The molecule has 3 aromatic rings. The number of carbonyl (C=O) groups is 1. The zero-order valence-electron chi connectivity index (χ0n) is 13.7. The number of thiophene rings is 1. The van der Waals surface area contributed by atoms with E-state index in [0.717, 1.165) is 24.1 Å². The molecule has 0 spiro atoms. The smallest absolute Gasteiger partial charge is 0.258 e. The molecule has 2 heterocycles. The highest BCUT2D eigenvalue weighted by molar-refractivity contribution is 7.15. The summed E-state index contributed by atoms with van der Waals surface area (Å²) in [4.78, 5) is 17.5. The highest BCUT2D eigenvalue weighted by atomic mass is 32.1. The van der Waals surface area contributed by atoms with Gasteiger partial charge in [0.2, 0.25) is 0 Å². The monoisotopic (exact) mass is 346 g/mol. The lowest BCUT2D eigenvalue weighted by molar-refractivity contribution is 0.0669. The molecule has 5 rings (SSSR count). The number of benzene rings is 2. The second-order valence-corrected chi connectivity index (χ2v) is 7.72. The molecule has 1 N–H and O–H groups in total. The van der Waals surface area contributed by atoms with Gasteiger partial charge in [0.25, 0.3) is 5.91 Å². The molecule has 1 fully saturated rings. The summed E-state index contributed by atoms with van der Waals surface area (Å²) in [6.07, 6.45) is 2.13. The number of fused-ring (bicyclic) bond motifs is 1. The lowest BCUT2D eigenvalue weighted by atomic mass is 10.1. The SMILES string of the molecule is O=C1c2ccccc2N[C@H](c2ccc(-c3ccccc3)s2)N1C1CC1. The first-order valence-electron chi connectivity index (χ1n) is 8.64. The summed E-state index contributed by atoms with van der Waals surface area (Å²) in [5.74, 6) is 0.150. The van der Waals surface area contributed by atoms with Gasteiger partial charge in [-0.15, -0.1) is 11.3 Å². The van der Waals surface area contributed by atoms with Crippen molar-refractivity contribution in [3.63, 3.8) is 0 Å². The molecule has 1 saturated carbocycles. The van der Waals surface area contributed by atoms with E-state index in [1.807, 2.05) is 35.2 Å². The highest BCUT2D eigenvalue weighted by Crippen LogP contribution is 2.43. The summed E-state index contributed by atoms with van der Waals surface area (Å²) in [5.41, 5.74) is 2.94. The third kappa shape index (κ3) is 2.53. The van der Waals surface area contributed by atoms with Gasteiger partial charge in [-0.1, -0.05) is 42.5 Å². The van der Waals surface area contributed by atoms with Gasteiger partial charge in [-0.05, 0) is 42.7 Å². The Morgan fingerprint density at radius 2 is 1.68 bits per heavy atom. The third-order valence-electron chi connectivity index (χ3n) is 4.86. The van der Waals surface area contributed by atoms with Crippen LogP contribution in [-0.2, 0) is 0 Å². The summed E-state index contributed by atoms with van der Waals surface area (Å²) < 4.78 is 0. The highest BCUT2D eigenvalue weighted by Gasteiger charge is 2.42. The van der Waals surface area contributed by atoms with Crippen molar-refractivity contribution in [1.82, 2.24) is 4.90 Å². The van der Waals surface area contributed by atoms with Crippen LogP contribution in [0.2, 0.25) is 0 Å². The van der Waals surface area contributed by atoms with Crippen LogP contribution < -0.4 is 5.32 Å². The Hall–Kier alpha value is -2.59. The molecule has 0 bridgehead atoms. The summed E-state index contributed by atoms with van der Waals surface area (Å²) in [7, 11) is 0. The molecule has 3 nitrogen and oxygen atoms in total. The maximum absolute atomic E-state index is 13.0. The number of carbonyl (C=O) groups excluding carboxylic acids is 1. The van der Waals surface area contributed by atoms with E-state index in [2.05, 4.69) is 41.7 Å². The summed E-state index contributed by atoms with van der Waals surface area (Å²) in [6, 6.07) is 22.9. The number of rotatable bonds is 3. The fraction of sp³-hybridized carbons (Fsp3) is 0.190. The lowest BCUT2D eigenvalue weighted by Crippen LogP contribution is -2.43. The van der Waals surface area contributed by atoms with Crippen molar-refractivity contribution in [2.75, 3.05) is 5.32 Å².